The number of hydrazine groups is 1. The van der Waals surface area contributed by atoms with Gasteiger partial charge in [0.1, 0.15) is 23.7 Å². The van der Waals surface area contributed by atoms with Crippen molar-refractivity contribution in [1.29, 1.82) is 0 Å². The van der Waals surface area contributed by atoms with E-state index in [1.807, 2.05) is 12.1 Å². The second kappa shape index (κ2) is 7.09. The van der Waals surface area contributed by atoms with Gasteiger partial charge in [-0.3, -0.25) is 19.8 Å². The van der Waals surface area contributed by atoms with E-state index >= 15 is 0 Å². The molecule has 0 unspecified atom stereocenters. The molecule has 0 radical (unpaired) electrons. The molecule has 2 aromatic rings. The third-order valence-corrected chi connectivity index (χ3v) is 4.08. The molecule has 1 fully saturated rings. The lowest BCUT2D eigenvalue weighted by molar-refractivity contribution is -0.142. The molecule has 3 rings (SSSR count). The summed E-state index contributed by atoms with van der Waals surface area (Å²) in [7, 11) is 0. The second-order valence-corrected chi connectivity index (χ2v) is 6.45. The number of ether oxygens (including phenoxy) is 1. The highest BCUT2D eigenvalue weighted by atomic mass is 127. The maximum absolute atomic E-state index is 12.5. The second-order valence-electron chi connectivity index (χ2n) is 5.20. The van der Waals surface area contributed by atoms with Crippen molar-refractivity contribution in [1.82, 2.24) is 5.43 Å². The molecule has 1 N–H and O–H groups in total. The van der Waals surface area contributed by atoms with Crippen LogP contribution in [-0.2, 0) is 25.7 Å². The summed E-state index contributed by atoms with van der Waals surface area (Å²) in [5.74, 6) is -0.659. The van der Waals surface area contributed by atoms with Gasteiger partial charge in [0.15, 0.2) is 0 Å². The van der Waals surface area contributed by atoms with Crippen molar-refractivity contribution in [2.45, 2.75) is 13.5 Å². The Morgan fingerprint density at radius 1 is 1.24 bits per heavy atom. The van der Waals surface area contributed by atoms with Crippen LogP contribution in [0.3, 0.4) is 0 Å². The molecule has 1 aromatic carbocycles. The number of carbonyl (C=O) groups excluding carboxylic acids is 3. The van der Waals surface area contributed by atoms with E-state index in [-0.39, 0.29) is 12.2 Å². The van der Waals surface area contributed by atoms with Crippen molar-refractivity contribution in [2.75, 3.05) is 5.01 Å². The Bertz CT molecular complexity index is 869. The Labute approximate surface area is 156 Å². The number of amides is 2. The van der Waals surface area contributed by atoms with E-state index in [9.17, 15) is 14.4 Å². The molecule has 1 aliphatic heterocycles. The molecular formula is C17H13IN2O5. The van der Waals surface area contributed by atoms with E-state index in [0.717, 1.165) is 3.57 Å². The van der Waals surface area contributed by atoms with Gasteiger partial charge in [-0.2, -0.15) is 0 Å². The van der Waals surface area contributed by atoms with Gasteiger partial charge in [0.25, 0.3) is 11.8 Å². The molecule has 1 aromatic heterocycles. The maximum atomic E-state index is 12.5. The summed E-state index contributed by atoms with van der Waals surface area (Å²) >= 11 is 2.16. The van der Waals surface area contributed by atoms with Gasteiger partial charge >= 0.3 is 5.97 Å². The molecule has 128 valence electrons. The molecule has 0 aliphatic carbocycles. The van der Waals surface area contributed by atoms with E-state index in [0.29, 0.717) is 17.2 Å². The Hall–Kier alpha value is -2.62. The van der Waals surface area contributed by atoms with Gasteiger partial charge in [0.2, 0.25) is 0 Å². The predicted molar refractivity (Wildman–Crippen MR) is 96.9 cm³/mol. The quantitative estimate of drug-likeness (QED) is 0.333. The Morgan fingerprint density at radius 3 is 2.64 bits per heavy atom. The predicted octanol–water partition coefficient (Wildman–Crippen LogP) is 2.41. The summed E-state index contributed by atoms with van der Waals surface area (Å²) in [4.78, 5) is 35.4. The minimum atomic E-state index is -0.513. The van der Waals surface area contributed by atoms with Crippen LogP contribution in [0.1, 0.15) is 18.4 Å². The monoisotopic (exact) mass is 452 g/mol. The number of benzene rings is 1. The highest BCUT2D eigenvalue weighted by Crippen LogP contribution is 2.23. The van der Waals surface area contributed by atoms with E-state index in [4.69, 9.17) is 9.15 Å². The number of anilines is 1. The Morgan fingerprint density at radius 2 is 1.96 bits per heavy atom. The molecule has 0 atom stereocenters. The minimum absolute atomic E-state index is 0.00652. The number of nitrogens with one attached hydrogen (secondary N) is 1. The average molecular weight is 452 g/mol. The summed E-state index contributed by atoms with van der Waals surface area (Å²) in [6, 6.07) is 10.4. The normalized spacial score (nSPS) is 15.6. The molecule has 8 heteroatoms. The van der Waals surface area contributed by atoms with E-state index in [2.05, 4.69) is 28.0 Å². The van der Waals surface area contributed by atoms with Crippen LogP contribution >= 0.6 is 22.6 Å². The first-order valence-electron chi connectivity index (χ1n) is 7.29. The van der Waals surface area contributed by atoms with Crippen LogP contribution in [0.5, 0.6) is 0 Å². The van der Waals surface area contributed by atoms with Gasteiger partial charge in [-0.15, -0.1) is 0 Å². The van der Waals surface area contributed by atoms with E-state index in [1.54, 1.807) is 24.3 Å². The summed E-state index contributed by atoms with van der Waals surface area (Å²) in [5, 5.41) is 1.19. The zero-order chi connectivity index (χ0) is 18.0. The third kappa shape index (κ3) is 3.90. The molecule has 0 saturated carbocycles. The Kier molecular flexibility index (Phi) is 4.88. The molecule has 2 heterocycles. The van der Waals surface area contributed by atoms with Gasteiger partial charge < -0.3 is 9.15 Å². The highest BCUT2D eigenvalue weighted by molar-refractivity contribution is 14.1. The molecule has 1 aliphatic rings. The van der Waals surface area contributed by atoms with Crippen molar-refractivity contribution in [2.24, 2.45) is 0 Å². The molecule has 25 heavy (non-hydrogen) atoms. The fourth-order valence-corrected chi connectivity index (χ4v) is 2.55. The van der Waals surface area contributed by atoms with Crippen molar-refractivity contribution in [3.63, 3.8) is 0 Å². The smallest absolute Gasteiger partial charge is 0.303 e. The lowest BCUT2D eigenvalue weighted by Gasteiger charge is -2.14. The largest absolute Gasteiger partial charge is 0.458 e. The van der Waals surface area contributed by atoms with Crippen molar-refractivity contribution < 1.29 is 23.5 Å². The van der Waals surface area contributed by atoms with Crippen molar-refractivity contribution >= 4 is 52.1 Å². The van der Waals surface area contributed by atoms with Crippen molar-refractivity contribution in [3.05, 3.63) is 57.1 Å². The third-order valence-electron chi connectivity index (χ3n) is 3.36. The number of hydrogen-bond donors (Lipinski definition) is 1. The van der Waals surface area contributed by atoms with Crippen LogP contribution in [-0.4, -0.2) is 17.8 Å². The lowest BCUT2D eigenvalue weighted by atomic mass is 10.2. The SMILES string of the molecule is CC(=O)OCc1ccc(/C=C2\C(=O)NN(c3ccc(I)cc3)C2=O)o1. The molecule has 0 bridgehead atoms. The topological polar surface area (TPSA) is 88.9 Å². The van der Waals surface area contributed by atoms with Crippen LogP contribution in [0.2, 0.25) is 0 Å². The summed E-state index contributed by atoms with van der Waals surface area (Å²) in [5.41, 5.74) is 3.05. The average Bonchev–Trinajstić information content (AvgIpc) is 3.13. The fourth-order valence-electron chi connectivity index (χ4n) is 2.19. The summed E-state index contributed by atoms with van der Waals surface area (Å²) < 4.78 is 11.3. The molecule has 2 amide bonds. The zero-order valence-corrected chi connectivity index (χ0v) is 15.3. The molecule has 7 nitrogen and oxygen atoms in total. The fraction of sp³-hybridized carbons (Fsp3) is 0.118. The first-order chi connectivity index (χ1) is 11.9. The van der Waals surface area contributed by atoms with Gasteiger partial charge in [-0.05, 0) is 65.1 Å². The van der Waals surface area contributed by atoms with E-state index < -0.39 is 17.8 Å². The highest BCUT2D eigenvalue weighted by Gasteiger charge is 2.34. The van der Waals surface area contributed by atoms with Crippen molar-refractivity contribution in [3.8, 4) is 0 Å². The molecule has 1 saturated heterocycles. The summed E-state index contributed by atoms with van der Waals surface area (Å²) in [6.07, 6.45) is 1.36. The van der Waals surface area contributed by atoms with E-state index in [1.165, 1.54) is 18.0 Å². The Balaban J connectivity index is 1.79. The number of furan rings is 1. The minimum Gasteiger partial charge on any atom is -0.458 e. The van der Waals surface area contributed by atoms with Crippen LogP contribution in [0.15, 0.2) is 46.4 Å². The number of halogens is 1. The number of nitrogens with zero attached hydrogens (tertiary/aromatic N) is 1. The number of esters is 1. The zero-order valence-electron chi connectivity index (χ0n) is 13.1. The van der Waals surface area contributed by atoms with Crippen LogP contribution in [0, 0.1) is 3.57 Å². The van der Waals surface area contributed by atoms with Gasteiger partial charge in [-0.25, -0.2) is 5.01 Å². The molecular weight excluding hydrogens is 439 g/mol. The van der Waals surface area contributed by atoms with Crippen LogP contribution < -0.4 is 10.4 Å². The first-order valence-corrected chi connectivity index (χ1v) is 8.36. The van der Waals surface area contributed by atoms with Crippen LogP contribution in [0.25, 0.3) is 6.08 Å². The van der Waals surface area contributed by atoms with Gasteiger partial charge in [-0.1, -0.05) is 0 Å². The standard InChI is InChI=1S/C17H13IN2O5/c1-10(21)24-9-14-7-6-13(25-14)8-15-16(22)19-20(17(15)23)12-4-2-11(18)3-5-12/h2-8H,9H2,1H3,(H,19,22)/b15-8+. The number of rotatable bonds is 4. The number of hydrogen-bond acceptors (Lipinski definition) is 5. The lowest BCUT2D eigenvalue weighted by Crippen LogP contribution is -2.35. The van der Waals surface area contributed by atoms with Crippen LogP contribution in [0.4, 0.5) is 5.69 Å². The number of carbonyl (C=O) groups is 3. The summed E-state index contributed by atoms with van der Waals surface area (Å²) in [6.45, 7) is 1.29. The molecule has 0 spiro atoms. The van der Waals surface area contributed by atoms with Gasteiger partial charge in [0, 0.05) is 10.5 Å². The van der Waals surface area contributed by atoms with Gasteiger partial charge in [0.05, 0.1) is 5.69 Å². The first kappa shape index (κ1) is 17.2. The maximum Gasteiger partial charge on any atom is 0.303 e.